The van der Waals surface area contributed by atoms with Gasteiger partial charge in [-0.05, 0) is 36.0 Å². The summed E-state index contributed by atoms with van der Waals surface area (Å²) in [6, 6.07) is 21.6. The Balaban J connectivity index is 1.93. The summed E-state index contributed by atoms with van der Waals surface area (Å²) in [6.07, 6.45) is 2.41. The standard InChI is InChI=1S/C19H22N2/c1-2-3-13-20-19(15-9-5-4-6-10-15)18-14-16-11-7-8-12-17(16)21-18/h4-12,14,19-21H,2-3,13H2,1H3. The molecule has 2 aromatic carbocycles. The highest BCUT2D eigenvalue weighted by molar-refractivity contribution is 5.80. The number of nitrogens with one attached hydrogen (secondary N) is 2. The Morgan fingerprint density at radius 3 is 2.52 bits per heavy atom. The number of para-hydroxylation sites is 1. The predicted molar refractivity (Wildman–Crippen MR) is 89.5 cm³/mol. The molecule has 0 aliphatic heterocycles. The number of fused-ring (bicyclic) bond motifs is 1. The number of aromatic nitrogens is 1. The van der Waals surface area contributed by atoms with Gasteiger partial charge in [0.2, 0.25) is 0 Å². The van der Waals surface area contributed by atoms with Crippen LogP contribution in [0.25, 0.3) is 10.9 Å². The van der Waals surface area contributed by atoms with Crippen LogP contribution in [0.15, 0.2) is 60.7 Å². The molecular weight excluding hydrogens is 256 g/mol. The number of benzene rings is 2. The summed E-state index contributed by atoms with van der Waals surface area (Å²) < 4.78 is 0. The van der Waals surface area contributed by atoms with Crippen molar-refractivity contribution in [3.05, 3.63) is 71.9 Å². The van der Waals surface area contributed by atoms with E-state index in [2.05, 4.69) is 77.9 Å². The first-order chi connectivity index (χ1) is 10.4. The smallest absolute Gasteiger partial charge is 0.0729 e. The molecule has 0 aliphatic rings. The maximum Gasteiger partial charge on any atom is 0.0729 e. The maximum absolute atomic E-state index is 3.68. The summed E-state index contributed by atoms with van der Waals surface area (Å²) in [5.74, 6) is 0. The normalized spacial score (nSPS) is 12.6. The quantitative estimate of drug-likeness (QED) is 0.631. The average molecular weight is 278 g/mol. The molecule has 0 radical (unpaired) electrons. The second-order valence-electron chi connectivity index (χ2n) is 5.46. The number of rotatable bonds is 6. The van der Waals surface area contributed by atoms with E-state index < -0.39 is 0 Å². The molecule has 3 rings (SSSR count). The lowest BCUT2D eigenvalue weighted by Gasteiger charge is -2.18. The molecule has 0 fully saturated rings. The summed E-state index contributed by atoms with van der Waals surface area (Å²) in [7, 11) is 0. The zero-order valence-electron chi connectivity index (χ0n) is 12.5. The van der Waals surface area contributed by atoms with Gasteiger partial charge in [-0.15, -0.1) is 0 Å². The van der Waals surface area contributed by atoms with Gasteiger partial charge < -0.3 is 10.3 Å². The second-order valence-corrected chi connectivity index (χ2v) is 5.46. The number of aromatic amines is 1. The second kappa shape index (κ2) is 6.59. The Morgan fingerprint density at radius 2 is 1.76 bits per heavy atom. The topological polar surface area (TPSA) is 27.8 Å². The molecule has 0 bridgehead atoms. The Labute approximate surface area is 126 Å². The van der Waals surface area contributed by atoms with Crippen LogP contribution in [-0.4, -0.2) is 11.5 Å². The Kier molecular flexibility index (Phi) is 4.37. The van der Waals surface area contributed by atoms with E-state index in [1.54, 1.807) is 0 Å². The van der Waals surface area contributed by atoms with Crippen molar-refractivity contribution >= 4 is 10.9 Å². The molecule has 2 heteroatoms. The molecule has 0 saturated heterocycles. The van der Waals surface area contributed by atoms with Crippen molar-refractivity contribution in [2.75, 3.05) is 6.54 Å². The summed E-state index contributed by atoms with van der Waals surface area (Å²) in [4.78, 5) is 3.56. The first-order valence-electron chi connectivity index (χ1n) is 7.74. The van der Waals surface area contributed by atoms with E-state index in [0.717, 1.165) is 6.54 Å². The van der Waals surface area contributed by atoms with Crippen molar-refractivity contribution < 1.29 is 0 Å². The number of hydrogen-bond acceptors (Lipinski definition) is 1. The van der Waals surface area contributed by atoms with E-state index in [1.807, 2.05) is 0 Å². The Hall–Kier alpha value is -2.06. The van der Waals surface area contributed by atoms with Crippen molar-refractivity contribution in [1.82, 2.24) is 10.3 Å². The van der Waals surface area contributed by atoms with Gasteiger partial charge >= 0.3 is 0 Å². The minimum Gasteiger partial charge on any atom is -0.357 e. The highest BCUT2D eigenvalue weighted by Crippen LogP contribution is 2.25. The molecule has 3 aromatic rings. The third-order valence-electron chi connectivity index (χ3n) is 3.87. The number of H-pyrrole nitrogens is 1. The molecule has 1 atom stereocenters. The van der Waals surface area contributed by atoms with Crippen LogP contribution < -0.4 is 5.32 Å². The van der Waals surface area contributed by atoms with E-state index in [-0.39, 0.29) is 6.04 Å². The summed E-state index contributed by atoms with van der Waals surface area (Å²) in [5, 5.41) is 4.95. The van der Waals surface area contributed by atoms with Crippen molar-refractivity contribution in [2.45, 2.75) is 25.8 Å². The van der Waals surface area contributed by atoms with E-state index in [4.69, 9.17) is 0 Å². The van der Waals surface area contributed by atoms with Crippen molar-refractivity contribution in [3.63, 3.8) is 0 Å². The number of unbranched alkanes of at least 4 members (excludes halogenated alkanes) is 1. The third-order valence-corrected chi connectivity index (χ3v) is 3.87. The van der Waals surface area contributed by atoms with Crippen molar-refractivity contribution in [3.8, 4) is 0 Å². The first-order valence-corrected chi connectivity index (χ1v) is 7.74. The van der Waals surface area contributed by atoms with E-state index >= 15 is 0 Å². The molecule has 2 nitrogen and oxygen atoms in total. The molecule has 1 unspecified atom stereocenters. The molecule has 0 aliphatic carbocycles. The average Bonchev–Trinajstić information content (AvgIpc) is 2.96. The molecule has 1 aromatic heterocycles. The van der Waals surface area contributed by atoms with Gasteiger partial charge in [-0.25, -0.2) is 0 Å². The molecule has 108 valence electrons. The van der Waals surface area contributed by atoms with E-state index in [0.29, 0.717) is 0 Å². The molecule has 21 heavy (non-hydrogen) atoms. The van der Waals surface area contributed by atoms with Crippen LogP contribution in [0.5, 0.6) is 0 Å². The van der Waals surface area contributed by atoms with E-state index in [1.165, 1.54) is 35.0 Å². The molecule has 2 N–H and O–H groups in total. The number of hydrogen-bond donors (Lipinski definition) is 2. The van der Waals surface area contributed by atoms with Crippen LogP contribution in [-0.2, 0) is 0 Å². The Bertz CT molecular complexity index is 652. The lowest BCUT2D eigenvalue weighted by Crippen LogP contribution is -2.23. The molecule has 0 saturated carbocycles. The zero-order valence-corrected chi connectivity index (χ0v) is 12.5. The fourth-order valence-corrected chi connectivity index (χ4v) is 2.73. The van der Waals surface area contributed by atoms with Crippen LogP contribution in [0.4, 0.5) is 0 Å². The lowest BCUT2D eigenvalue weighted by molar-refractivity contribution is 0.571. The summed E-state index contributed by atoms with van der Waals surface area (Å²) >= 11 is 0. The molecule has 0 amide bonds. The molecule has 0 spiro atoms. The first kappa shape index (κ1) is 13.9. The van der Waals surface area contributed by atoms with Crippen molar-refractivity contribution in [1.29, 1.82) is 0 Å². The van der Waals surface area contributed by atoms with Crippen LogP contribution in [0.3, 0.4) is 0 Å². The minimum atomic E-state index is 0.227. The van der Waals surface area contributed by atoms with Crippen LogP contribution in [0.2, 0.25) is 0 Å². The van der Waals surface area contributed by atoms with E-state index in [9.17, 15) is 0 Å². The third kappa shape index (κ3) is 3.17. The van der Waals surface area contributed by atoms with Crippen LogP contribution >= 0.6 is 0 Å². The fourth-order valence-electron chi connectivity index (χ4n) is 2.73. The predicted octanol–water partition coefficient (Wildman–Crippen LogP) is 4.65. The maximum atomic E-state index is 3.68. The summed E-state index contributed by atoms with van der Waals surface area (Å²) in [6.45, 7) is 3.26. The van der Waals surface area contributed by atoms with Crippen LogP contribution in [0.1, 0.15) is 37.1 Å². The Morgan fingerprint density at radius 1 is 1.00 bits per heavy atom. The zero-order chi connectivity index (χ0) is 14.5. The largest absolute Gasteiger partial charge is 0.357 e. The van der Waals surface area contributed by atoms with Crippen LogP contribution in [0, 0.1) is 0 Å². The van der Waals surface area contributed by atoms with Gasteiger partial charge in [0.15, 0.2) is 0 Å². The lowest BCUT2D eigenvalue weighted by atomic mass is 10.0. The monoisotopic (exact) mass is 278 g/mol. The van der Waals surface area contributed by atoms with Gasteiger partial charge in [0, 0.05) is 11.2 Å². The SMILES string of the molecule is CCCCNC(c1ccccc1)c1cc2ccccc2[nH]1. The highest BCUT2D eigenvalue weighted by atomic mass is 14.9. The highest BCUT2D eigenvalue weighted by Gasteiger charge is 2.15. The van der Waals surface area contributed by atoms with Gasteiger partial charge in [0.05, 0.1) is 6.04 Å². The van der Waals surface area contributed by atoms with Gasteiger partial charge in [-0.1, -0.05) is 61.9 Å². The summed E-state index contributed by atoms with van der Waals surface area (Å²) in [5.41, 5.74) is 3.74. The fraction of sp³-hybridized carbons (Fsp3) is 0.263. The van der Waals surface area contributed by atoms with Gasteiger partial charge in [0.25, 0.3) is 0 Å². The minimum absolute atomic E-state index is 0.227. The van der Waals surface area contributed by atoms with Crippen molar-refractivity contribution in [2.24, 2.45) is 0 Å². The van der Waals surface area contributed by atoms with Gasteiger partial charge in [0.1, 0.15) is 0 Å². The molecular formula is C19H22N2. The van der Waals surface area contributed by atoms with Gasteiger partial charge in [-0.2, -0.15) is 0 Å². The van der Waals surface area contributed by atoms with Gasteiger partial charge in [-0.3, -0.25) is 0 Å². The molecule has 1 heterocycles.